The molecule has 0 aliphatic rings. The molecule has 0 amide bonds. The van der Waals surface area contributed by atoms with Crippen LogP contribution in [-0.4, -0.2) is 4.98 Å². The molecule has 2 rings (SSSR count). The van der Waals surface area contributed by atoms with Gasteiger partial charge in [-0.2, -0.15) is 0 Å². The van der Waals surface area contributed by atoms with Gasteiger partial charge >= 0.3 is 0 Å². The summed E-state index contributed by atoms with van der Waals surface area (Å²) >= 11 is 0. The highest BCUT2D eigenvalue weighted by Gasteiger charge is 2.05. The van der Waals surface area contributed by atoms with E-state index in [1.807, 2.05) is 18.2 Å². The van der Waals surface area contributed by atoms with Crippen molar-refractivity contribution >= 4 is 23.1 Å². The largest absolute Gasteiger partial charge is 0.354 e. The smallest absolute Gasteiger partial charge is 0.0577 e. The van der Waals surface area contributed by atoms with Crippen LogP contribution in [0.25, 0.3) is 23.1 Å². The monoisotopic (exact) mass is 195 g/mol. The average Bonchev–Trinajstić information content (AvgIpc) is 2.56. The van der Waals surface area contributed by atoms with Gasteiger partial charge in [0.15, 0.2) is 0 Å². The zero-order valence-electron chi connectivity index (χ0n) is 9.02. The van der Waals surface area contributed by atoms with E-state index in [4.69, 9.17) is 0 Å². The predicted octanol–water partition coefficient (Wildman–Crippen LogP) is 3.83. The molecule has 0 spiro atoms. The third kappa shape index (κ3) is 1.67. The lowest BCUT2D eigenvalue weighted by Gasteiger charge is -1.93. The maximum atomic E-state index is 3.81. The van der Waals surface area contributed by atoms with Gasteiger partial charge in [0.25, 0.3) is 0 Å². The van der Waals surface area contributed by atoms with Crippen LogP contribution in [0.15, 0.2) is 24.3 Å². The van der Waals surface area contributed by atoms with Crippen molar-refractivity contribution in [3.8, 4) is 0 Å². The lowest BCUT2D eigenvalue weighted by atomic mass is 10.1. The molecule has 0 aliphatic heterocycles. The highest BCUT2D eigenvalue weighted by Crippen LogP contribution is 2.23. The van der Waals surface area contributed by atoms with E-state index in [2.05, 4.69) is 43.6 Å². The van der Waals surface area contributed by atoms with Crippen LogP contribution in [0.4, 0.5) is 0 Å². The Balaban J connectivity index is 2.78. The summed E-state index contributed by atoms with van der Waals surface area (Å²) in [4.78, 5) is 3.31. The van der Waals surface area contributed by atoms with E-state index in [1.165, 1.54) is 5.57 Å². The van der Waals surface area contributed by atoms with Gasteiger partial charge in [-0.15, -0.1) is 0 Å². The number of allylic oxidation sites excluding steroid dienone is 1. The summed E-state index contributed by atoms with van der Waals surface area (Å²) in [6.45, 7) is 7.97. The van der Waals surface area contributed by atoms with Crippen molar-refractivity contribution in [3.05, 3.63) is 47.7 Å². The fourth-order valence-corrected chi connectivity index (χ4v) is 1.65. The SMILES string of the molecule is C=Cc1[nH]c2ccc#cc2c1C=C(C)C. The second-order valence-electron chi connectivity index (χ2n) is 3.77. The summed E-state index contributed by atoms with van der Waals surface area (Å²) < 4.78 is 0. The normalized spacial score (nSPS) is 9.73. The molecule has 1 N–H and O–H groups in total. The molecule has 0 unspecified atom stereocenters. The third-order valence-electron chi connectivity index (χ3n) is 2.27. The fourth-order valence-electron chi connectivity index (χ4n) is 1.65. The fraction of sp³-hybridized carbons (Fsp3) is 0.143. The van der Waals surface area contributed by atoms with Gasteiger partial charge in [-0.25, -0.2) is 0 Å². The molecule has 0 fully saturated rings. The molecule has 0 saturated heterocycles. The highest BCUT2D eigenvalue weighted by atomic mass is 14.7. The molecule has 15 heavy (non-hydrogen) atoms. The number of aromatic nitrogens is 1. The highest BCUT2D eigenvalue weighted by molar-refractivity contribution is 5.92. The summed E-state index contributed by atoms with van der Waals surface area (Å²) in [7, 11) is 0. The van der Waals surface area contributed by atoms with E-state index >= 15 is 0 Å². The van der Waals surface area contributed by atoms with Gasteiger partial charge in [0.1, 0.15) is 0 Å². The Labute approximate surface area is 90.1 Å². The molecule has 1 heterocycles. The van der Waals surface area contributed by atoms with Gasteiger partial charge in [-0.1, -0.05) is 30.4 Å². The van der Waals surface area contributed by atoms with Crippen LogP contribution in [-0.2, 0) is 0 Å². The molecule has 0 radical (unpaired) electrons. The molecule has 2 aromatic rings. The van der Waals surface area contributed by atoms with Gasteiger partial charge in [-0.3, -0.25) is 0 Å². The lowest BCUT2D eigenvalue weighted by molar-refractivity contribution is 1.40. The molecule has 0 atom stereocenters. The van der Waals surface area contributed by atoms with Crippen molar-refractivity contribution in [2.45, 2.75) is 13.8 Å². The van der Waals surface area contributed by atoms with Crippen molar-refractivity contribution in [3.63, 3.8) is 0 Å². The van der Waals surface area contributed by atoms with Gasteiger partial charge in [0, 0.05) is 11.3 Å². The van der Waals surface area contributed by atoms with E-state index in [0.717, 1.165) is 22.2 Å². The first kappa shape index (κ1) is 9.61. The van der Waals surface area contributed by atoms with Crippen LogP contribution >= 0.6 is 0 Å². The van der Waals surface area contributed by atoms with Crippen LogP contribution in [0.2, 0.25) is 0 Å². The number of aromatic amines is 1. The minimum absolute atomic E-state index is 1.04. The number of rotatable bonds is 2. The van der Waals surface area contributed by atoms with E-state index in [-0.39, 0.29) is 0 Å². The van der Waals surface area contributed by atoms with Crippen molar-refractivity contribution in [1.29, 1.82) is 0 Å². The summed E-state index contributed by atoms with van der Waals surface area (Å²) in [5.74, 6) is 0. The second kappa shape index (κ2) is 3.67. The minimum atomic E-state index is 1.04. The predicted molar refractivity (Wildman–Crippen MR) is 65.4 cm³/mol. The standard InChI is InChI=1S/C14H13N/c1-4-13-12(9-10(2)3)11-7-5-6-8-14(11)15-13/h4,6,8-9,15H,1H2,2-3H3. The summed E-state index contributed by atoms with van der Waals surface area (Å²) in [6, 6.07) is 9.97. The first-order chi connectivity index (χ1) is 7.22. The topological polar surface area (TPSA) is 15.8 Å². The summed E-state index contributed by atoms with van der Waals surface area (Å²) in [5.41, 5.74) is 4.53. The number of H-pyrrole nitrogens is 1. The van der Waals surface area contributed by atoms with Gasteiger partial charge in [0.05, 0.1) is 10.9 Å². The Morgan fingerprint density at radius 2 is 2.27 bits per heavy atom. The van der Waals surface area contributed by atoms with Crippen LogP contribution < -0.4 is 0 Å². The Hall–Kier alpha value is -1.94. The summed E-state index contributed by atoms with van der Waals surface area (Å²) in [5, 5.41) is 1.08. The van der Waals surface area contributed by atoms with E-state index in [1.54, 1.807) is 0 Å². The minimum Gasteiger partial charge on any atom is -0.354 e. The molecular weight excluding hydrogens is 182 g/mol. The van der Waals surface area contributed by atoms with Crippen LogP contribution in [0, 0.1) is 12.1 Å². The van der Waals surface area contributed by atoms with Crippen molar-refractivity contribution in [2.24, 2.45) is 0 Å². The molecule has 1 nitrogen and oxygen atoms in total. The van der Waals surface area contributed by atoms with Crippen molar-refractivity contribution in [1.82, 2.24) is 4.98 Å². The Bertz CT molecular complexity index is 525. The number of hydrogen-bond acceptors (Lipinski definition) is 0. The molecule has 1 aromatic carbocycles. The molecule has 1 heteroatoms. The molecule has 0 aliphatic carbocycles. The first-order valence-electron chi connectivity index (χ1n) is 4.93. The molecule has 74 valence electrons. The third-order valence-corrected chi connectivity index (χ3v) is 2.27. The zero-order chi connectivity index (χ0) is 10.8. The van der Waals surface area contributed by atoms with Crippen LogP contribution in [0.5, 0.6) is 0 Å². The molecule has 1 aromatic heterocycles. The lowest BCUT2D eigenvalue weighted by Crippen LogP contribution is -1.75. The number of nitrogens with one attached hydrogen (secondary N) is 1. The van der Waals surface area contributed by atoms with Gasteiger partial charge in [0.2, 0.25) is 0 Å². The Morgan fingerprint density at radius 3 is 2.93 bits per heavy atom. The molecule has 0 bridgehead atoms. The quantitative estimate of drug-likeness (QED) is 0.749. The van der Waals surface area contributed by atoms with Crippen LogP contribution in [0.1, 0.15) is 25.1 Å². The number of fused-ring (bicyclic) bond motifs is 1. The number of hydrogen-bond donors (Lipinski definition) is 1. The van der Waals surface area contributed by atoms with Crippen LogP contribution in [0.3, 0.4) is 0 Å². The van der Waals surface area contributed by atoms with E-state index < -0.39 is 0 Å². The van der Waals surface area contributed by atoms with Crippen molar-refractivity contribution < 1.29 is 0 Å². The summed E-state index contributed by atoms with van der Waals surface area (Å²) in [6.07, 6.45) is 3.97. The zero-order valence-corrected chi connectivity index (χ0v) is 9.02. The average molecular weight is 195 g/mol. The Morgan fingerprint density at radius 1 is 1.47 bits per heavy atom. The van der Waals surface area contributed by atoms with E-state index in [0.29, 0.717) is 0 Å². The Kier molecular flexibility index (Phi) is 2.35. The van der Waals surface area contributed by atoms with Gasteiger partial charge in [-0.05, 0) is 32.1 Å². The molecular formula is C14H13N. The molecule has 0 saturated carbocycles. The van der Waals surface area contributed by atoms with Crippen molar-refractivity contribution in [2.75, 3.05) is 0 Å². The maximum absolute atomic E-state index is 3.81. The van der Waals surface area contributed by atoms with E-state index in [9.17, 15) is 0 Å². The van der Waals surface area contributed by atoms with Gasteiger partial charge < -0.3 is 4.98 Å². The first-order valence-corrected chi connectivity index (χ1v) is 4.93. The maximum Gasteiger partial charge on any atom is 0.0577 e. The second-order valence-corrected chi connectivity index (χ2v) is 3.77.